The molecule has 3 aromatic rings. The predicted molar refractivity (Wildman–Crippen MR) is 97.5 cm³/mol. The van der Waals surface area contributed by atoms with Gasteiger partial charge < -0.3 is 15.4 Å². The Kier molecular flexibility index (Phi) is 4.95. The van der Waals surface area contributed by atoms with E-state index in [0.717, 1.165) is 11.4 Å². The van der Waals surface area contributed by atoms with Gasteiger partial charge >= 0.3 is 0 Å². The second-order valence-corrected chi connectivity index (χ2v) is 6.25. The van der Waals surface area contributed by atoms with Crippen LogP contribution in [-0.2, 0) is 0 Å². The monoisotopic (exact) mass is 357 g/mol. The SMILES string of the molecule is COc1cccc(Nc2nc(C)c(C(=O)Nc3ccc(F)cc3)s2)c1. The fraction of sp³-hybridized carbons (Fsp3) is 0.111. The van der Waals surface area contributed by atoms with Crippen LogP contribution in [0.15, 0.2) is 48.5 Å². The van der Waals surface area contributed by atoms with Gasteiger partial charge in [-0.1, -0.05) is 17.4 Å². The number of aromatic nitrogens is 1. The summed E-state index contributed by atoms with van der Waals surface area (Å²) in [7, 11) is 1.60. The van der Waals surface area contributed by atoms with Crippen LogP contribution in [0.3, 0.4) is 0 Å². The standard InChI is InChI=1S/C18H16FN3O2S/c1-11-16(17(23)21-13-8-6-12(19)7-9-13)25-18(20-11)22-14-4-3-5-15(10-14)24-2/h3-10H,1-2H3,(H,20,22)(H,21,23). The molecule has 0 bridgehead atoms. The van der Waals surface area contributed by atoms with Crippen LogP contribution < -0.4 is 15.4 Å². The average Bonchev–Trinajstić information content (AvgIpc) is 2.97. The van der Waals surface area contributed by atoms with Gasteiger partial charge in [-0.15, -0.1) is 0 Å². The maximum Gasteiger partial charge on any atom is 0.267 e. The summed E-state index contributed by atoms with van der Waals surface area (Å²) in [5.74, 6) is 0.101. The van der Waals surface area contributed by atoms with Gasteiger partial charge in [-0.05, 0) is 43.3 Å². The molecular weight excluding hydrogens is 341 g/mol. The van der Waals surface area contributed by atoms with E-state index in [1.54, 1.807) is 14.0 Å². The molecule has 0 unspecified atom stereocenters. The molecule has 0 aliphatic carbocycles. The number of carbonyl (C=O) groups excluding carboxylic acids is 1. The minimum absolute atomic E-state index is 0.277. The number of hydrogen-bond acceptors (Lipinski definition) is 5. The third-order valence-electron chi connectivity index (χ3n) is 3.43. The molecule has 0 aliphatic heterocycles. The van der Waals surface area contributed by atoms with E-state index >= 15 is 0 Å². The van der Waals surface area contributed by atoms with Crippen molar-refractivity contribution in [1.82, 2.24) is 4.98 Å². The Labute approximate surface area is 148 Å². The summed E-state index contributed by atoms with van der Waals surface area (Å²) in [6.07, 6.45) is 0. The molecule has 2 aromatic carbocycles. The van der Waals surface area contributed by atoms with Gasteiger partial charge in [0.25, 0.3) is 5.91 Å². The van der Waals surface area contributed by atoms with E-state index in [1.165, 1.54) is 35.6 Å². The van der Waals surface area contributed by atoms with Gasteiger partial charge in [-0.25, -0.2) is 9.37 Å². The van der Waals surface area contributed by atoms with Gasteiger partial charge in [-0.2, -0.15) is 0 Å². The van der Waals surface area contributed by atoms with E-state index in [1.807, 2.05) is 24.3 Å². The highest BCUT2D eigenvalue weighted by molar-refractivity contribution is 7.17. The van der Waals surface area contributed by atoms with Crippen molar-refractivity contribution >= 4 is 33.8 Å². The van der Waals surface area contributed by atoms with Gasteiger partial charge in [0.1, 0.15) is 16.4 Å². The highest BCUT2D eigenvalue weighted by Gasteiger charge is 2.16. The number of amides is 1. The van der Waals surface area contributed by atoms with Crippen molar-refractivity contribution in [2.45, 2.75) is 6.92 Å². The lowest BCUT2D eigenvalue weighted by Crippen LogP contribution is -2.11. The number of aryl methyl sites for hydroxylation is 1. The molecule has 128 valence electrons. The third-order valence-corrected chi connectivity index (χ3v) is 4.50. The van der Waals surface area contributed by atoms with Crippen molar-refractivity contribution in [3.63, 3.8) is 0 Å². The number of nitrogens with one attached hydrogen (secondary N) is 2. The van der Waals surface area contributed by atoms with Crippen LogP contribution in [0, 0.1) is 12.7 Å². The number of halogens is 1. The quantitative estimate of drug-likeness (QED) is 0.701. The summed E-state index contributed by atoms with van der Waals surface area (Å²) >= 11 is 1.25. The number of carbonyl (C=O) groups is 1. The molecule has 1 heterocycles. The summed E-state index contributed by atoms with van der Waals surface area (Å²) in [6, 6.07) is 13.1. The smallest absolute Gasteiger partial charge is 0.267 e. The Morgan fingerprint density at radius 1 is 1.16 bits per heavy atom. The number of benzene rings is 2. The summed E-state index contributed by atoms with van der Waals surface area (Å²) in [5.41, 5.74) is 1.97. The molecule has 0 aliphatic rings. The summed E-state index contributed by atoms with van der Waals surface area (Å²) in [5, 5.41) is 6.51. The van der Waals surface area contributed by atoms with E-state index in [9.17, 15) is 9.18 Å². The molecule has 0 saturated heterocycles. The van der Waals surface area contributed by atoms with Crippen molar-refractivity contribution in [3.8, 4) is 5.75 Å². The number of thiazole rings is 1. The second kappa shape index (κ2) is 7.31. The zero-order valence-electron chi connectivity index (χ0n) is 13.7. The molecule has 0 spiro atoms. The van der Waals surface area contributed by atoms with Gasteiger partial charge in [0, 0.05) is 17.4 Å². The van der Waals surface area contributed by atoms with E-state index < -0.39 is 0 Å². The first kappa shape index (κ1) is 16.9. The number of anilines is 3. The second-order valence-electron chi connectivity index (χ2n) is 5.25. The van der Waals surface area contributed by atoms with E-state index in [-0.39, 0.29) is 11.7 Å². The molecule has 1 aromatic heterocycles. The van der Waals surface area contributed by atoms with Crippen LogP contribution in [0.5, 0.6) is 5.75 Å². The molecule has 3 rings (SSSR count). The van der Waals surface area contributed by atoms with Crippen LogP contribution in [0.2, 0.25) is 0 Å². The fourth-order valence-electron chi connectivity index (χ4n) is 2.21. The molecule has 0 atom stereocenters. The number of rotatable bonds is 5. The number of ether oxygens (including phenoxy) is 1. The van der Waals surface area contributed by atoms with Crippen molar-refractivity contribution in [3.05, 3.63) is 64.9 Å². The van der Waals surface area contributed by atoms with E-state index in [4.69, 9.17) is 4.74 Å². The van der Waals surface area contributed by atoms with Gasteiger partial charge in [-0.3, -0.25) is 4.79 Å². The summed E-state index contributed by atoms with van der Waals surface area (Å²) in [6.45, 7) is 1.77. The summed E-state index contributed by atoms with van der Waals surface area (Å²) < 4.78 is 18.1. The Morgan fingerprint density at radius 2 is 1.92 bits per heavy atom. The first-order chi connectivity index (χ1) is 12.0. The molecule has 2 N–H and O–H groups in total. The molecule has 0 fully saturated rings. The highest BCUT2D eigenvalue weighted by Crippen LogP contribution is 2.28. The van der Waals surface area contributed by atoms with E-state index in [0.29, 0.717) is 21.4 Å². The average molecular weight is 357 g/mol. The topological polar surface area (TPSA) is 63.2 Å². The van der Waals surface area contributed by atoms with Crippen LogP contribution >= 0.6 is 11.3 Å². The van der Waals surface area contributed by atoms with Crippen LogP contribution in [0.25, 0.3) is 0 Å². The predicted octanol–water partition coefficient (Wildman–Crippen LogP) is 4.60. The zero-order valence-corrected chi connectivity index (χ0v) is 14.5. The van der Waals surface area contributed by atoms with Gasteiger partial charge in [0.05, 0.1) is 12.8 Å². The molecular formula is C18H16FN3O2S. The van der Waals surface area contributed by atoms with Crippen LogP contribution in [0.1, 0.15) is 15.4 Å². The van der Waals surface area contributed by atoms with Crippen LogP contribution in [0.4, 0.5) is 20.9 Å². The Hall–Kier alpha value is -2.93. The number of hydrogen-bond donors (Lipinski definition) is 2. The first-order valence-electron chi connectivity index (χ1n) is 7.50. The Bertz CT molecular complexity index is 894. The minimum atomic E-state index is -0.350. The van der Waals surface area contributed by atoms with Crippen molar-refractivity contribution < 1.29 is 13.9 Å². The third kappa shape index (κ3) is 4.13. The lowest BCUT2D eigenvalue weighted by atomic mass is 10.3. The molecule has 0 saturated carbocycles. The Morgan fingerprint density at radius 3 is 2.64 bits per heavy atom. The minimum Gasteiger partial charge on any atom is -0.497 e. The lowest BCUT2D eigenvalue weighted by Gasteiger charge is -2.05. The lowest BCUT2D eigenvalue weighted by molar-refractivity contribution is 0.103. The Balaban J connectivity index is 1.75. The zero-order chi connectivity index (χ0) is 17.8. The maximum absolute atomic E-state index is 12.9. The number of methoxy groups -OCH3 is 1. The molecule has 5 nitrogen and oxygen atoms in total. The molecule has 1 amide bonds. The maximum atomic E-state index is 12.9. The largest absolute Gasteiger partial charge is 0.497 e. The van der Waals surface area contributed by atoms with E-state index in [2.05, 4.69) is 15.6 Å². The molecule has 25 heavy (non-hydrogen) atoms. The van der Waals surface area contributed by atoms with Crippen LogP contribution in [-0.4, -0.2) is 18.0 Å². The molecule has 7 heteroatoms. The van der Waals surface area contributed by atoms with Crippen molar-refractivity contribution in [1.29, 1.82) is 0 Å². The van der Waals surface area contributed by atoms with Gasteiger partial charge in [0.15, 0.2) is 5.13 Å². The normalized spacial score (nSPS) is 10.4. The fourth-order valence-corrected chi connectivity index (χ4v) is 3.09. The van der Waals surface area contributed by atoms with Crippen molar-refractivity contribution in [2.24, 2.45) is 0 Å². The first-order valence-corrected chi connectivity index (χ1v) is 8.32. The summed E-state index contributed by atoms with van der Waals surface area (Å²) in [4.78, 5) is 17.3. The highest BCUT2D eigenvalue weighted by atomic mass is 32.1. The van der Waals surface area contributed by atoms with Gasteiger partial charge in [0.2, 0.25) is 0 Å². The molecule has 0 radical (unpaired) electrons. The van der Waals surface area contributed by atoms with Crippen molar-refractivity contribution in [2.75, 3.05) is 17.7 Å². The number of nitrogens with zero attached hydrogens (tertiary/aromatic N) is 1.